The van der Waals surface area contributed by atoms with Crippen LogP contribution >= 0.6 is 0 Å². The predicted molar refractivity (Wildman–Crippen MR) is 88.0 cm³/mol. The Morgan fingerprint density at radius 1 is 1.30 bits per heavy atom. The third kappa shape index (κ3) is 5.04. The van der Waals surface area contributed by atoms with Gasteiger partial charge in [0, 0.05) is 25.7 Å². The van der Waals surface area contributed by atoms with E-state index < -0.39 is 0 Å². The van der Waals surface area contributed by atoms with Crippen molar-refractivity contribution < 1.29 is 0 Å². The zero-order valence-electron chi connectivity index (χ0n) is 14.3. The van der Waals surface area contributed by atoms with Crippen molar-refractivity contribution in [2.45, 2.75) is 71.8 Å². The molecule has 3 atom stereocenters. The lowest BCUT2D eigenvalue weighted by molar-refractivity contribution is 0.0852. The summed E-state index contributed by atoms with van der Waals surface area (Å²) >= 11 is 0. The summed E-state index contributed by atoms with van der Waals surface area (Å²) in [5, 5.41) is 3.83. The Kier molecular flexibility index (Phi) is 5.92. The summed E-state index contributed by atoms with van der Waals surface area (Å²) in [6.45, 7) is 11.0. The molecule has 118 valence electrons. The second kappa shape index (κ2) is 7.26. The van der Waals surface area contributed by atoms with Crippen molar-refractivity contribution in [2.24, 2.45) is 17.3 Å². The van der Waals surface area contributed by atoms with Crippen molar-refractivity contribution in [3.05, 3.63) is 0 Å². The minimum Gasteiger partial charge on any atom is -0.313 e. The van der Waals surface area contributed by atoms with Crippen molar-refractivity contribution in [1.29, 1.82) is 0 Å². The molecule has 2 aliphatic carbocycles. The Bertz CT molecular complexity index is 287. The summed E-state index contributed by atoms with van der Waals surface area (Å²) in [7, 11) is 2.34. The van der Waals surface area contributed by atoms with Gasteiger partial charge >= 0.3 is 0 Å². The molecule has 0 saturated heterocycles. The van der Waals surface area contributed by atoms with E-state index in [-0.39, 0.29) is 0 Å². The second-order valence-electron chi connectivity index (χ2n) is 8.07. The molecule has 2 aliphatic rings. The van der Waals surface area contributed by atoms with Gasteiger partial charge in [-0.05, 0) is 50.0 Å². The molecule has 2 fully saturated rings. The lowest BCUT2D eigenvalue weighted by atomic mass is 9.69. The maximum atomic E-state index is 3.83. The Morgan fingerprint density at radius 3 is 2.65 bits per heavy atom. The van der Waals surface area contributed by atoms with Crippen LogP contribution in [-0.2, 0) is 0 Å². The summed E-state index contributed by atoms with van der Waals surface area (Å²) in [6, 6.07) is 0.851. The van der Waals surface area contributed by atoms with Gasteiger partial charge in [-0.15, -0.1) is 0 Å². The van der Waals surface area contributed by atoms with Gasteiger partial charge in [0.05, 0.1) is 0 Å². The van der Waals surface area contributed by atoms with E-state index in [1.54, 1.807) is 0 Å². The standard InChI is InChI=1S/C18H36N2/c1-5-15(2)12-20(4)14-18(13-19-17-8-9-17)10-6-7-16(3)11-18/h15-17,19H,5-14H2,1-4H3. The molecule has 0 amide bonds. The Balaban J connectivity index is 1.89. The molecule has 3 unspecified atom stereocenters. The topological polar surface area (TPSA) is 15.3 Å². The molecule has 0 spiro atoms. The number of hydrogen-bond acceptors (Lipinski definition) is 2. The second-order valence-corrected chi connectivity index (χ2v) is 8.07. The van der Waals surface area contributed by atoms with E-state index in [0.29, 0.717) is 5.41 Å². The van der Waals surface area contributed by atoms with Crippen molar-refractivity contribution in [1.82, 2.24) is 10.2 Å². The number of rotatable bonds is 8. The van der Waals surface area contributed by atoms with Gasteiger partial charge in [0.15, 0.2) is 0 Å². The minimum absolute atomic E-state index is 0.544. The van der Waals surface area contributed by atoms with Crippen LogP contribution in [0, 0.1) is 17.3 Å². The smallest absolute Gasteiger partial charge is 0.00684 e. The summed E-state index contributed by atoms with van der Waals surface area (Å²) in [4.78, 5) is 2.61. The van der Waals surface area contributed by atoms with Crippen LogP contribution in [0.3, 0.4) is 0 Å². The summed E-state index contributed by atoms with van der Waals surface area (Å²) in [5.74, 6) is 1.75. The van der Waals surface area contributed by atoms with Crippen LogP contribution in [0.25, 0.3) is 0 Å². The lowest BCUT2D eigenvalue weighted by Gasteiger charge is -2.43. The molecule has 0 aromatic heterocycles. The summed E-state index contributed by atoms with van der Waals surface area (Å²) < 4.78 is 0. The van der Waals surface area contributed by atoms with E-state index >= 15 is 0 Å². The third-order valence-corrected chi connectivity index (χ3v) is 5.45. The van der Waals surface area contributed by atoms with E-state index in [4.69, 9.17) is 0 Å². The highest BCUT2D eigenvalue weighted by atomic mass is 15.1. The monoisotopic (exact) mass is 280 g/mol. The maximum absolute atomic E-state index is 3.83. The molecule has 2 rings (SSSR count). The first kappa shape index (κ1) is 16.3. The van der Waals surface area contributed by atoms with Crippen LogP contribution in [0.1, 0.15) is 65.7 Å². The SMILES string of the molecule is CCC(C)CN(C)CC1(CNC2CC2)CCCC(C)C1. The van der Waals surface area contributed by atoms with Crippen LogP contribution < -0.4 is 5.32 Å². The quantitative estimate of drug-likeness (QED) is 0.725. The maximum Gasteiger partial charge on any atom is 0.00684 e. The van der Waals surface area contributed by atoms with Gasteiger partial charge < -0.3 is 10.2 Å². The fourth-order valence-corrected chi connectivity index (χ4v) is 4.08. The van der Waals surface area contributed by atoms with Gasteiger partial charge in [-0.2, -0.15) is 0 Å². The van der Waals surface area contributed by atoms with Crippen LogP contribution in [-0.4, -0.2) is 37.6 Å². The van der Waals surface area contributed by atoms with Crippen molar-refractivity contribution in [2.75, 3.05) is 26.7 Å². The molecule has 0 aliphatic heterocycles. The molecule has 2 nitrogen and oxygen atoms in total. The predicted octanol–water partition coefficient (Wildman–Crippen LogP) is 3.91. The van der Waals surface area contributed by atoms with Crippen molar-refractivity contribution in [3.63, 3.8) is 0 Å². The first-order chi connectivity index (χ1) is 9.53. The Hall–Kier alpha value is -0.0800. The van der Waals surface area contributed by atoms with Gasteiger partial charge in [-0.25, -0.2) is 0 Å². The van der Waals surface area contributed by atoms with Crippen LogP contribution in [0.5, 0.6) is 0 Å². The molecule has 20 heavy (non-hydrogen) atoms. The highest BCUT2D eigenvalue weighted by molar-refractivity contribution is 4.92. The van der Waals surface area contributed by atoms with Gasteiger partial charge in [0.25, 0.3) is 0 Å². The Morgan fingerprint density at radius 2 is 2.05 bits per heavy atom. The largest absolute Gasteiger partial charge is 0.313 e. The van der Waals surface area contributed by atoms with E-state index in [2.05, 4.69) is 38.0 Å². The number of nitrogens with zero attached hydrogens (tertiary/aromatic N) is 1. The lowest BCUT2D eigenvalue weighted by Crippen LogP contribution is -2.47. The molecule has 0 radical (unpaired) electrons. The molecule has 2 saturated carbocycles. The zero-order chi connectivity index (χ0) is 14.6. The highest BCUT2D eigenvalue weighted by Gasteiger charge is 2.37. The molecule has 2 heteroatoms. The van der Waals surface area contributed by atoms with Gasteiger partial charge in [0.2, 0.25) is 0 Å². The van der Waals surface area contributed by atoms with Crippen LogP contribution in [0.15, 0.2) is 0 Å². The normalized spacial score (nSPS) is 32.5. The fraction of sp³-hybridized carbons (Fsp3) is 1.00. The molecule has 0 bridgehead atoms. The molecule has 0 heterocycles. The fourth-order valence-electron chi connectivity index (χ4n) is 4.08. The molecule has 0 aromatic rings. The molecule has 1 N–H and O–H groups in total. The van der Waals surface area contributed by atoms with Gasteiger partial charge in [0.1, 0.15) is 0 Å². The van der Waals surface area contributed by atoms with E-state index in [1.807, 2.05) is 0 Å². The summed E-state index contributed by atoms with van der Waals surface area (Å²) in [5.41, 5.74) is 0.544. The van der Waals surface area contributed by atoms with E-state index in [0.717, 1.165) is 17.9 Å². The van der Waals surface area contributed by atoms with E-state index in [1.165, 1.54) is 64.6 Å². The zero-order valence-corrected chi connectivity index (χ0v) is 14.3. The minimum atomic E-state index is 0.544. The van der Waals surface area contributed by atoms with Gasteiger partial charge in [-0.1, -0.05) is 40.0 Å². The first-order valence-corrected chi connectivity index (χ1v) is 8.95. The average Bonchev–Trinajstić information content (AvgIpc) is 3.20. The van der Waals surface area contributed by atoms with Crippen LogP contribution in [0.2, 0.25) is 0 Å². The van der Waals surface area contributed by atoms with Crippen molar-refractivity contribution >= 4 is 0 Å². The van der Waals surface area contributed by atoms with Crippen LogP contribution in [0.4, 0.5) is 0 Å². The van der Waals surface area contributed by atoms with E-state index in [9.17, 15) is 0 Å². The number of hydrogen-bond donors (Lipinski definition) is 1. The molecular weight excluding hydrogens is 244 g/mol. The molecule has 0 aromatic carbocycles. The van der Waals surface area contributed by atoms with Gasteiger partial charge in [-0.3, -0.25) is 0 Å². The third-order valence-electron chi connectivity index (χ3n) is 5.45. The molecular formula is C18H36N2. The first-order valence-electron chi connectivity index (χ1n) is 8.95. The number of nitrogens with one attached hydrogen (secondary N) is 1. The Labute approximate surface area is 126 Å². The highest BCUT2D eigenvalue weighted by Crippen LogP contribution is 2.40. The van der Waals surface area contributed by atoms with Crippen molar-refractivity contribution in [3.8, 4) is 0 Å². The summed E-state index contributed by atoms with van der Waals surface area (Å²) in [6.07, 6.45) is 9.86. The average molecular weight is 280 g/mol.